The SMILES string of the molecule is CC(C)Oc1cccc(-c2ccc(C(=O)NS(=O)(=O)c3ccc[nH]c3=O)c(N3CCC(C)C3(C)C)n2)c1. The maximum atomic E-state index is 13.3. The number of hydrogen-bond acceptors (Lipinski definition) is 7. The fourth-order valence-corrected chi connectivity index (χ4v) is 5.48. The zero-order chi connectivity index (χ0) is 27.0. The molecule has 1 aliphatic heterocycles. The Balaban J connectivity index is 1.78. The average Bonchev–Trinajstić information content (AvgIpc) is 3.10. The Morgan fingerprint density at radius 3 is 2.59 bits per heavy atom. The van der Waals surface area contributed by atoms with Crippen LogP contribution in [0.2, 0.25) is 0 Å². The molecule has 4 rings (SSSR count). The zero-order valence-corrected chi connectivity index (χ0v) is 22.4. The minimum atomic E-state index is -4.40. The molecule has 2 N–H and O–H groups in total. The number of nitrogens with zero attached hydrogens (tertiary/aromatic N) is 2. The number of aromatic nitrogens is 2. The van der Waals surface area contributed by atoms with Gasteiger partial charge in [0, 0.05) is 23.8 Å². The van der Waals surface area contributed by atoms with Gasteiger partial charge in [0.15, 0.2) is 4.90 Å². The Morgan fingerprint density at radius 2 is 1.95 bits per heavy atom. The lowest BCUT2D eigenvalue weighted by molar-refractivity contribution is 0.0981. The molecular weight excluding hydrogens is 492 g/mol. The van der Waals surface area contributed by atoms with Crippen molar-refractivity contribution in [3.8, 4) is 17.0 Å². The molecule has 9 nitrogen and oxygen atoms in total. The molecule has 0 spiro atoms. The van der Waals surface area contributed by atoms with Gasteiger partial charge >= 0.3 is 0 Å². The summed E-state index contributed by atoms with van der Waals surface area (Å²) in [6, 6.07) is 13.3. The minimum Gasteiger partial charge on any atom is -0.491 e. The number of H-pyrrole nitrogens is 1. The number of anilines is 1. The second-order valence-corrected chi connectivity index (χ2v) is 11.7. The van der Waals surface area contributed by atoms with Crippen molar-refractivity contribution in [2.24, 2.45) is 5.92 Å². The van der Waals surface area contributed by atoms with E-state index in [0.717, 1.165) is 18.1 Å². The molecule has 2 aromatic heterocycles. The number of carbonyl (C=O) groups excluding carboxylic acids is 1. The predicted octanol–water partition coefficient (Wildman–Crippen LogP) is 3.97. The van der Waals surface area contributed by atoms with Gasteiger partial charge in [-0.25, -0.2) is 18.1 Å². The first-order valence-electron chi connectivity index (χ1n) is 12.2. The van der Waals surface area contributed by atoms with Crippen molar-refractivity contribution in [3.05, 3.63) is 70.6 Å². The van der Waals surface area contributed by atoms with Crippen LogP contribution in [0.5, 0.6) is 5.75 Å². The van der Waals surface area contributed by atoms with Crippen LogP contribution in [-0.4, -0.2) is 42.5 Å². The first-order chi connectivity index (χ1) is 17.4. The standard InChI is InChI=1S/C27H32N4O5S/c1-17(2)36-20-9-6-8-19(16-20)22-12-11-21(24(29-22)31-15-13-18(3)27(31,4)5)25(32)30-37(34,35)23-10-7-14-28-26(23)33/h6-12,14,16-18H,13,15H2,1-5H3,(H,28,33)(H,30,32). The highest BCUT2D eigenvalue weighted by Gasteiger charge is 2.41. The van der Waals surface area contributed by atoms with E-state index in [1.54, 1.807) is 12.1 Å². The number of nitrogens with one attached hydrogen (secondary N) is 2. The number of rotatable bonds is 7. The Bertz CT molecular complexity index is 1480. The summed E-state index contributed by atoms with van der Waals surface area (Å²) in [5, 5.41) is 0. The first kappa shape index (κ1) is 26.4. The van der Waals surface area contributed by atoms with Gasteiger partial charge in [-0.2, -0.15) is 0 Å². The number of amides is 1. The van der Waals surface area contributed by atoms with E-state index in [1.165, 1.54) is 12.3 Å². The summed E-state index contributed by atoms with van der Waals surface area (Å²) in [5.74, 6) is 0.552. The van der Waals surface area contributed by atoms with Crippen LogP contribution in [0.1, 0.15) is 51.4 Å². The smallest absolute Gasteiger partial charge is 0.269 e. The largest absolute Gasteiger partial charge is 0.491 e. The molecule has 37 heavy (non-hydrogen) atoms. The van der Waals surface area contributed by atoms with E-state index < -0.39 is 26.4 Å². The van der Waals surface area contributed by atoms with E-state index in [4.69, 9.17) is 9.72 Å². The van der Waals surface area contributed by atoms with E-state index in [0.29, 0.717) is 29.7 Å². The maximum absolute atomic E-state index is 13.3. The molecule has 0 bridgehead atoms. The molecule has 1 atom stereocenters. The highest BCUT2D eigenvalue weighted by atomic mass is 32.2. The second kappa shape index (κ2) is 10.0. The Hall–Kier alpha value is -3.66. The van der Waals surface area contributed by atoms with Gasteiger partial charge in [0.05, 0.1) is 17.4 Å². The molecule has 0 saturated carbocycles. The predicted molar refractivity (Wildman–Crippen MR) is 142 cm³/mol. The van der Waals surface area contributed by atoms with Gasteiger partial charge in [0.25, 0.3) is 21.5 Å². The third-order valence-electron chi connectivity index (χ3n) is 6.86. The van der Waals surface area contributed by atoms with Crippen LogP contribution in [0, 0.1) is 5.92 Å². The van der Waals surface area contributed by atoms with Crippen molar-refractivity contribution in [1.29, 1.82) is 0 Å². The van der Waals surface area contributed by atoms with Crippen molar-refractivity contribution >= 4 is 21.7 Å². The van der Waals surface area contributed by atoms with Crippen molar-refractivity contribution in [2.45, 2.75) is 57.6 Å². The average molecular weight is 525 g/mol. The summed E-state index contributed by atoms with van der Waals surface area (Å²) < 4.78 is 33.6. The molecular formula is C27H32N4O5S. The number of ether oxygens (including phenoxy) is 1. The molecule has 3 heterocycles. The van der Waals surface area contributed by atoms with E-state index in [9.17, 15) is 18.0 Å². The van der Waals surface area contributed by atoms with Crippen LogP contribution in [0.15, 0.2) is 64.4 Å². The van der Waals surface area contributed by atoms with Gasteiger partial charge in [0.1, 0.15) is 11.6 Å². The zero-order valence-electron chi connectivity index (χ0n) is 21.6. The summed E-state index contributed by atoms with van der Waals surface area (Å²) in [7, 11) is -4.40. The third-order valence-corrected chi connectivity index (χ3v) is 8.22. The van der Waals surface area contributed by atoms with Crippen LogP contribution in [0.25, 0.3) is 11.3 Å². The number of hydrogen-bond donors (Lipinski definition) is 2. The van der Waals surface area contributed by atoms with Gasteiger partial charge in [-0.3, -0.25) is 9.59 Å². The Morgan fingerprint density at radius 1 is 1.19 bits per heavy atom. The number of carbonyl (C=O) groups is 1. The topological polar surface area (TPSA) is 121 Å². The first-order valence-corrected chi connectivity index (χ1v) is 13.7. The van der Waals surface area contributed by atoms with Gasteiger partial charge in [0.2, 0.25) is 0 Å². The van der Waals surface area contributed by atoms with Crippen LogP contribution in [0.3, 0.4) is 0 Å². The Labute approximate surface area is 217 Å². The molecule has 1 unspecified atom stereocenters. The second-order valence-electron chi connectivity index (χ2n) is 10.1. The van der Waals surface area contributed by atoms with Crippen molar-refractivity contribution in [3.63, 3.8) is 0 Å². The highest BCUT2D eigenvalue weighted by Crippen LogP contribution is 2.39. The van der Waals surface area contributed by atoms with E-state index in [1.807, 2.05) is 47.7 Å². The quantitative estimate of drug-likeness (QED) is 0.480. The van der Waals surface area contributed by atoms with Crippen molar-refractivity contribution < 1.29 is 17.9 Å². The summed E-state index contributed by atoms with van der Waals surface area (Å²) in [5.41, 5.74) is 0.405. The van der Waals surface area contributed by atoms with Gasteiger partial charge in [-0.15, -0.1) is 0 Å². The van der Waals surface area contributed by atoms with E-state index in [-0.39, 0.29) is 17.2 Å². The summed E-state index contributed by atoms with van der Waals surface area (Å²) in [6.07, 6.45) is 2.23. The van der Waals surface area contributed by atoms with Gasteiger partial charge in [-0.05, 0) is 76.4 Å². The third kappa shape index (κ3) is 5.39. The summed E-state index contributed by atoms with van der Waals surface area (Å²) in [6.45, 7) is 10.9. The van der Waals surface area contributed by atoms with Gasteiger partial charge < -0.3 is 14.6 Å². The molecule has 0 radical (unpaired) electrons. The van der Waals surface area contributed by atoms with Crippen LogP contribution in [0.4, 0.5) is 5.82 Å². The lowest BCUT2D eigenvalue weighted by Crippen LogP contribution is -2.44. The molecule has 1 aliphatic rings. The normalized spacial score (nSPS) is 17.1. The Kier molecular flexibility index (Phi) is 7.14. The summed E-state index contributed by atoms with van der Waals surface area (Å²) >= 11 is 0. The van der Waals surface area contributed by atoms with Crippen molar-refractivity contribution in [1.82, 2.24) is 14.7 Å². The molecule has 1 fully saturated rings. The lowest BCUT2D eigenvalue weighted by Gasteiger charge is -2.36. The monoisotopic (exact) mass is 524 g/mol. The molecule has 1 amide bonds. The molecule has 3 aromatic rings. The maximum Gasteiger partial charge on any atom is 0.269 e. The van der Waals surface area contributed by atoms with Crippen LogP contribution in [-0.2, 0) is 10.0 Å². The van der Waals surface area contributed by atoms with Crippen LogP contribution >= 0.6 is 0 Å². The lowest BCUT2D eigenvalue weighted by atomic mass is 9.90. The molecule has 0 aliphatic carbocycles. The number of aromatic amines is 1. The highest BCUT2D eigenvalue weighted by molar-refractivity contribution is 7.90. The summed E-state index contributed by atoms with van der Waals surface area (Å²) in [4.78, 5) is 34.1. The van der Waals surface area contributed by atoms with Gasteiger partial charge in [-0.1, -0.05) is 19.1 Å². The van der Waals surface area contributed by atoms with E-state index >= 15 is 0 Å². The van der Waals surface area contributed by atoms with E-state index in [2.05, 4.69) is 25.8 Å². The molecule has 10 heteroatoms. The fourth-order valence-electron chi connectivity index (χ4n) is 4.45. The minimum absolute atomic E-state index is 0.00975. The molecule has 196 valence electrons. The fraction of sp³-hybridized carbons (Fsp3) is 0.370. The van der Waals surface area contributed by atoms with Crippen molar-refractivity contribution in [2.75, 3.05) is 11.4 Å². The molecule has 1 saturated heterocycles. The number of benzene rings is 1. The molecule has 1 aromatic carbocycles. The number of sulfonamides is 1. The van der Waals surface area contributed by atoms with Crippen LogP contribution < -0.4 is 19.9 Å². The number of pyridine rings is 2.